The van der Waals surface area contributed by atoms with Crippen LogP contribution in [-0.2, 0) is 4.79 Å². The second-order valence-electron chi connectivity index (χ2n) is 6.87. The molecule has 4 rings (SSSR count). The van der Waals surface area contributed by atoms with Crippen molar-refractivity contribution in [1.82, 2.24) is 15.2 Å². The van der Waals surface area contributed by atoms with Crippen LogP contribution in [-0.4, -0.2) is 60.0 Å². The number of benzene rings is 1. The summed E-state index contributed by atoms with van der Waals surface area (Å²) in [5.74, 6) is -0.0781. The number of fused-ring (bicyclic) bond motifs is 1. The van der Waals surface area contributed by atoms with E-state index >= 15 is 0 Å². The summed E-state index contributed by atoms with van der Waals surface area (Å²) in [6, 6.07) is 8.72. The van der Waals surface area contributed by atoms with E-state index < -0.39 is 0 Å². The maximum absolute atomic E-state index is 11.9. The van der Waals surface area contributed by atoms with Crippen molar-refractivity contribution in [2.75, 3.05) is 44.2 Å². The number of anilines is 1. The summed E-state index contributed by atoms with van der Waals surface area (Å²) >= 11 is 3.09. The normalized spacial score (nSPS) is 15.1. The number of hydrogen-bond donors (Lipinski definition) is 1. The Bertz CT molecular complexity index is 1060. The van der Waals surface area contributed by atoms with Crippen LogP contribution < -0.4 is 10.2 Å². The lowest BCUT2D eigenvalue weighted by molar-refractivity contribution is -0.384. The number of carbonyl (C=O) groups is 1. The fourth-order valence-corrected chi connectivity index (χ4v) is 4.92. The van der Waals surface area contributed by atoms with Gasteiger partial charge in [-0.25, -0.2) is 4.98 Å². The number of aromatic nitrogens is 1. The minimum Gasteiger partial charge on any atom is -0.351 e. The van der Waals surface area contributed by atoms with Gasteiger partial charge in [-0.15, -0.1) is 11.3 Å². The van der Waals surface area contributed by atoms with Gasteiger partial charge in [-0.1, -0.05) is 17.4 Å². The SMILES string of the molecule is O=C(/C=C/c1cccs1)NCCN1CCN(c2nc3ccc([N+](=O)[O-])cc3s2)CC1. The van der Waals surface area contributed by atoms with Gasteiger partial charge in [0.2, 0.25) is 5.91 Å². The van der Waals surface area contributed by atoms with E-state index in [0.717, 1.165) is 52.9 Å². The molecule has 0 saturated carbocycles. The van der Waals surface area contributed by atoms with E-state index in [-0.39, 0.29) is 16.5 Å². The molecule has 1 fully saturated rings. The molecule has 0 bridgehead atoms. The Morgan fingerprint density at radius 1 is 1.27 bits per heavy atom. The van der Waals surface area contributed by atoms with Crippen molar-refractivity contribution in [3.63, 3.8) is 0 Å². The second kappa shape index (κ2) is 9.33. The number of nitrogens with zero attached hydrogens (tertiary/aromatic N) is 4. The van der Waals surface area contributed by atoms with E-state index in [0.29, 0.717) is 6.54 Å². The molecule has 0 spiro atoms. The smallest absolute Gasteiger partial charge is 0.270 e. The number of nitro groups is 1. The Hall–Kier alpha value is -2.82. The van der Waals surface area contributed by atoms with E-state index in [1.54, 1.807) is 29.5 Å². The predicted molar refractivity (Wildman–Crippen MR) is 121 cm³/mol. The van der Waals surface area contributed by atoms with Crippen molar-refractivity contribution in [3.8, 4) is 0 Å². The van der Waals surface area contributed by atoms with Gasteiger partial charge in [0.25, 0.3) is 5.69 Å². The number of nitrogens with one attached hydrogen (secondary N) is 1. The Morgan fingerprint density at radius 2 is 2.10 bits per heavy atom. The van der Waals surface area contributed by atoms with Crippen molar-refractivity contribution < 1.29 is 9.72 Å². The number of nitro benzene ring substituents is 1. The Balaban J connectivity index is 1.23. The molecule has 1 aliphatic rings. The molecule has 0 unspecified atom stereocenters. The molecule has 1 aliphatic heterocycles. The number of hydrogen-bond acceptors (Lipinski definition) is 8. The number of carbonyl (C=O) groups excluding carboxylic acids is 1. The van der Waals surface area contributed by atoms with Crippen molar-refractivity contribution in [2.45, 2.75) is 0 Å². The van der Waals surface area contributed by atoms with Crippen LogP contribution in [0.25, 0.3) is 16.3 Å². The highest BCUT2D eigenvalue weighted by Gasteiger charge is 2.20. The molecule has 0 radical (unpaired) electrons. The van der Waals surface area contributed by atoms with E-state index in [1.807, 2.05) is 23.6 Å². The summed E-state index contributed by atoms with van der Waals surface area (Å²) in [6.45, 7) is 4.87. The van der Waals surface area contributed by atoms with Gasteiger partial charge >= 0.3 is 0 Å². The first-order valence-electron chi connectivity index (χ1n) is 9.60. The fraction of sp³-hybridized carbons (Fsp3) is 0.300. The number of non-ortho nitro benzene ring substituents is 1. The average Bonchev–Trinajstić information content (AvgIpc) is 3.42. The number of piperazine rings is 1. The molecular formula is C20H21N5O3S2. The second-order valence-corrected chi connectivity index (χ2v) is 8.86. The van der Waals surface area contributed by atoms with Gasteiger partial charge in [-0.05, 0) is 23.6 Å². The van der Waals surface area contributed by atoms with Gasteiger partial charge in [0.1, 0.15) is 0 Å². The van der Waals surface area contributed by atoms with Crippen LogP contribution in [0.4, 0.5) is 10.8 Å². The van der Waals surface area contributed by atoms with Gasteiger partial charge in [0.15, 0.2) is 5.13 Å². The van der Waals surface area contributed by atoms with Crippen LogP contribution in [0.1, 0.15) is 4.88 Å². The molecule has 0 aliphatic carbocycles. The minimum atomic E-state index is -0.381. The van der Waals surface area contributed by atoms with Crippen molar-refractivity contribution >= 4 is 55.7 Å². The summed E-state index contributed by atoms with van der Waals surface area (Å²) in [5.41, 5.74) is 0.885. The molecule has 8 nitrogen and oxygen atoms in total. The third-order valence-corrected chi connectivity index (χ3v) is 6.80. The third-order valence-electron chi connectivity index (χ3n) is 4.88. The maximum atomic E-state index is 11.9. The van der Waals surface area contributed by atoms with Crippen molar-refractivity contribution in [3.05, 3.63) is 56.8 Å². The Kier molecular flexibility index (Phi) is 6.36. The molecule has 1 saturated heterocycles. The topological polar surface area (TPSA) is 91.6 Å². The highest BCUT2D eigenvalue weighted by Crippen LogP contribution is 2.31. The standard InChI is InChI=1S/C20H21N5O3S2/c26-19(6-4-16-2-1-13-29-16)21-7-8-23-9-11-24(12-10-23)20-22-17-5-3-15(25(27)28)14-18(17)30-20/h1-6,13-14H,7-12H2,(H,21,26)/b6-4+. The fourth-order valence-electron chi connectivity index (χ4n) is 3.25. The van der Waals surface area contributed by atoms with E-state index in [9.17, 15) is 14.9 Å². The first-order valence-corrected chi connectivity index (χ1v) is 11.3. The van der Waals surface area contributed by atoms with Crippen molar-refractivity contribution in [1.29, 1.82) is 0 Å². The van der Waals surface area contributed by atoms with Crippen LogP contribution in [0.15, 0.2) is 41.8 Å². The van der Waals surface area contributed by atoms with Gasteiger partial charge in [0.05, 0.1) is 15.1 Å². The lowest BCUT2D eigenvalue weighted by Gasteiger charge is -2.34. The molecule has 2 aromatic heterocycles. The van der Waals surface area contributed by atoms with Gasteiger partial charge in [-0.2, -0.15) is 0 Å². The van der Waals surface area contributed by atoms with Crippen LogP contribution in [0.2, 0.25) is 0 Å². The number of thiophene rings is 1. The van der Waals surface area contributed by atoms with Crippen molar-refractivity contribution in [2.24, 2.45) is 0 Å². The maximum Gasteiger partial charge on any atom is 0.270 e. The highest BCUT2D eigenvalue weighted by molar-refractivity contribution is 7.22. The van der Waals surface area contributed by atoms with Crippen LogP contribution >= 0.6 is 22.7 Å². The zero-order valence-corrected chi connectivity index (χ0v) is 17.8. The summed E-state index contributed by atoms with van der Waals surface area (Å²) in [5, 5.41) is 16.8. The van der Waals surface area contributed by atoms with Gasteiger partial charge in [-0.3, -0.25) is 19.8 Å². The zero-order chi connectivity index (χ0) is 20.9. The van der Waals surface area contributed by atoms with E-state index in [4.69, 9.17) is 0 Å². The highest BCUT2D eigenvalue weighted by atomic mass is 32.1. The summed E-state index contributed by atoms with van der Waals surface area (Å²) in [4.78, 5) is 32.7. The Labute approximate surface area is 181 Å². The molecule has 3 heterocycles. The lowest BCUT2D eigenvalue weighted by atomic mass is 10.3. The first-order chi connectivity index (χ1) is 14.6. The Morgan fingerprint density at radius 3 is 2.83 bits per heavy atom. The number of rotatable bonds is 7. The summed E-state index contributed by atoms with van der Waals surface area (Å²) < 4.78 is 0.833. The van der Waals surface area contributed by atoms with E-state index in [1.165, 1.54) is 17.4 Å². The molecule has 10 heteroatoms. The summed E-state index contributed by atoms with van der Waals surface area (Å²) in [6.07, 6.45) is 3.40. The molecule has 1 amide bonds. The zero-order valence-electron chi connectivity index (χ0n) is 16.2. The van der Waals surface area contributed by atoms with E-state index in [2.05, 4.69) is 20.1 Å². The number of amides is 1. The predicted octanol–water partition coefficient (Wildman–Crippen LogP) is 3.22. The monoisotopic (exact) mass is 443 g/mol. The molecule has 0 atom stereocenters. The largest absolute Gasteiger partial charge is 0.351 e. The molecule has 30 heavy (non-hydrogen) atoms. The summed E-state index contributed by atoms with van der Waals surface area (Å²) in [7, 11) is 0. The molecule has 1 aromatic carbocycles. The van der Waals surface area contributed by atoms with Gasteiger partial charge < -0.3 is 10.2 Å². The van der Waals surface area contributed by atoms with Crippen LogP contribution in [0.5, 0.6) is 0 Å². The molecule has 1 N–H and O–H groups in total. The average molecular weight is 444 g/mol. The number of thiazole rings is 1. The minimum absolute atomic E-state index is 0.0781. The molecule has 156 valence electrons. The first kappa shape index (κ1) is 20.5. The van der Waals surface area contributed by atoms with Gasteiger partial charge in [0, 0.05) is 62.4 Å². The lowest BCUT2D eigenvalue weighted by Crippen LogP contribution is -2.48. The quantitative estimate of drug-likeness (QED) is 0.343. The molecular weight excluding hydrogens is 422 g/mol. The third kappa shape index (κ3) is 5.02. The van der Waals surface area contributed by atoms with Crippen LogP contribution in [0.3, 0.4) is 0 Å². The van der Waals surface area contributed by atoms with Crippen LogP contribution in [0, 0.1) is 10.1 Å². The molecule has 3 aromatic rings.